The summed E-state index contributed by atoms with van der Waals surface area (Å²) in [5.41, 5.74) is -0.189. The fourth-order valence-corrected chi connectivity index (χ4v) is 3.99. The Hall–Kier alpha value is -4.54. The molecular formula is C25H25N7O4. The van der Waals surface area contributed by atoms with E-state index < -0.39 is 36.7 Å². The molecule has 0 saturated carbocycles. The number of aromatic nitrogens is 5. The van der Waals surface area contributed by atoms with E-state index in [1.807, 2.05) is 0 Å². The number of nitrogens with one attached hydrogen (secondary N) is 1. The van der Waals surface area contributed by atoms with Crippen LogP contribution in [-0.2, 0) is 4.79 Å². The molecule has 1 saturated heterocycles. The monoisotopic (exact) mass is 494 g/mol. The minimum absolute atomic E-state index is 0.0177. The maximum absolute atomic E-state index is 13.5. The number of carbonyl (C=O) groups is 3. The Labute approximate surface area is 216 Å². The number of aryl methyl sites for hydroxylation is 1. The van der Waals surface area contributed by atoms with Crippen molar-refractivity contribution in [1.29, 1.82) is 0 Å². The van der Waals surface area contributed by atoms with Gasteiger partial charge in [-0.25, -0.2) is 14.6 Å². The van der Waals surface area contributed by atoms with Crippen LogP contribution in [0.4, 0.5) is 0 Å². The third-order valence-electron chi connectivity index (χ3n) is 5.84. The van der Waals surface area contributed by atoms with Gasteiger partial charge in [0.2, 0.25) is 0 Å². The van der Waals surface area contributed by atoms with Crippen molar-refractivity contribution >= 4 is 28.5 Å². The molecule has 184 valence electrons. The van der Waals surface area contributed by atoms with Gasteiger partial charge in [0, 0.05) is 37.9 Å². The second-order valence-electron chi connectivity index (χ2n) is 8.15. The van der Waals surface area contributed by atoms with Gasteiger partial charge >= 0.3 is 0 Å². The lowest BCUT2D eigenvalue weighted by atomic mass is 10.1. The van der Waals surface area contributed by atoms with Crippen LogP contribution in [0, 0.1) is 13.8 Å². The van der Waals surface area contributed by atoms with Crippen molar-refractivity contribution in [3.63, 3.8) is 0 Å². The summed E-state index contributed by atoms with van der Waals surface area (Å²) in [5.74, 6) is -2.18. The number of methoxy groups -OCH3 is 1. The van der Waals surface area contributed by atoms with Crippen LogP contribution in [0.3, 0.4) is 0 Å². The highest BCUT2D eigenvalue weighted by Crippen LogP contribution is 2.31. The third kappa shape index (κ3) is 4.08. The third-order valence-corrected chi connectivity index (χ3v) is 5.84. The normalized spacial score (nSPS) is 16.9. The second-order valence-corrected chi connectivity index (χ2v) is 8.15. The SMILES string of the molecule is [2H]c1c([2H])c(C(=O)N2CCN(C(=O)C(=O)c3c[nH]c4c(-n5cnc(C)n5)ncc(OC([2H])([2H])[2H])c34)CC2)c([2H])c([2H])c1C. The predicted octanol–water partition coefficient (Wildman–Crippen LogP) is 1.94. The van der Waals surface area contributed by atoms with Crippen molar-refractivity contribution < 1.29 is 28.7 Å². The highest BCUT2D eigenvalue weighted by Gasteiger charge is 2.31. The molecule has 0 aliphatic carbocycles. The van der Waals surface area contributed by atoms with Gasteiger partial charge in [-0.1, -0.05) is 17.6 Å². The average molecular weight is 495 g/mol. The first kappa shape index (κ1) is 16.2. The van der Waals surface area contributed by atoms with Crippen LogP contribution < -0.4 is 4.74 Å². The number of amides is 2. The molecule has 5 rings (SSSR count). The van der Waals surface area contributed by atoms with Crippen LogP contribution in [-0.4, -0.2) is 85.3 Å². The number of hydrogen-bond donors (Lipinski definition) is 1. The maximum atomic E-state index is 13.5. The molecular weight excluding hydrogens is 462 g/mol. The maximum Gasteiger partial charge on any atom is 0.295 e. The fraction of sp³-hybridized carbons (Fsp3) is 0.280. The number of H-pyrrole nitrogens is 1. The standard InChI is InChI=1S/C25H25N7O4/c1-15-4-6-17(7-5-15)24(34)30-8-10-31(11-9-30)25(35)22(33)18-12-26-21-20(18)19(36-3)13-27-23(21)32-14-28-16(2)29-32/h4-7,12-14,26H,8-11H2,1-3H3/i3D3,4D,5D,6D,7D. The number of aromatic amines is 1. The van der Waals surface area contributed by atoms with E-state index in [9.17, 15) is 14.4 Å². The largest absolute Gasteiger partial charge is 0.494 e. The molecule has 11 nitrogen and oxygen atoms in total. The number of rotatable bonds is 5. The number of hydrogen-bond acceptors (Lipinski definition) is 7. The molecule has 4 heterocycles. The summed E-state index contributed by atoms with van der Waals surface area (Å²) in [7, 11) is -2.87. The van der Waals surface area contributed by atoms with E-state index in [4.69, 9.17) is 14.3 Å². The van der Waals surface area contributed by atoms with Gasteiger partial charge in [-0.05, 0) is 25.9 Å². The predicted molar refractivity (Wildman–Crippen MR) is 130 cm³/mol. The van der Waals surface area contributed by atoms with Crippen LogP contribution in [0.1, 0.15) is 41.7 Å². The smallest absolute Gasteiger partial charge is 0.295 e. The van der Waals surface area contributed by atoms with Gasteiger partial charge in [0.05, 0.1) is 39.3 Å². The molecule has 0 spiro atoms. The molecule has 4 aromatic rings. The molecule has 1 aliphatic rings. The number of Topliss-reactive ketones (excluding diaryl/α,β-unsaturated/α-hetero) is 1. The zero-order valence-electron chi connectivity index (χ0n) is 26.4. The van der Waals surface area contributed by atoms with E-state index in [0.717, 1.165) is 6.20 Å². The lowest BCUT2D eigenvalue weighted by Gasteiger charge is -2.34. The Morgan fingerprint density at radius 1 is 1.06 bits per heavy atom. The van der Waals surface area contributed by atoms with E-state index in [1.165, 1.54) is 33.9 Å². The fourth-order valence-electron chi connectivity index (χ4n) is 3.99. The zero-order valence-corrected chi connectivity index (χ0v) is 19.4. The van der Waals surface area contributed by atoms with Crippen LogP contribution >= 0.6 is 0 Å². The highest BCUT2D eigenvalue weighted by atomic mass is 16.5. The number of carbonyl (C=O) groups excluding carboxylic acids is 3. The molecule has 2 amide bonds. The molecule has 36 heavy (non-hydrogen) atoms. The quantitative estimate of drug-likeness (QED) is 0.332. The van der Waals surface area contributed by atoms with E-state index >= 15 is 0 Å². The van der Waals surface area contributed by atoms with Crippen LogP contribution in [0.25, 0.3) is 16.7 Å². The number of fused-ring (bicyclic) bond motifs is 1. The minimum atomic E-state index is -2.87. The van der Waals surface area contributed by atoms with E-state index in [0.29, 0.717) is 5.82 Å². The lowest BCUT2D eigenvalue weighted by Crippen LogP contribution is -2.52. The topological polar surface area (TPSA) is 126 Å². The number of benzene rings is 1. The van der Waals surface area contributed by atoms with Crippen LogP contribution in [0.5, 0.6) is 5.75 Å². The highest BCUT2D eigenvalue weighted by molar-refractivity contribution is 6.45. The number of pyridine rings is 1. The van der Waals surface area contributed by atoms with Crippen molar-refractivity contribution in [1.82, 2.24) is 34.5 Å². The van der Waals surface area contributed by atoms with Gasteiger partial charge in [0.1, 0.15) is 17.9 Å². The molecule has 0 unspecified atom stereocenters. The molecule has 1 fully saturated rings. The number of ketones is 1. The van der Waals surface area contributed by atoms with Crippen molar-refractivity contribution in [2.45, 2.75) is 13.8 Å². The number of nitrogens with zero attached hydrogens (tertiary/aromatic N) is 6. The van der Waals surface area contributed by atoms with Crippen molar-refractivity contribution in [2.75, 3.05) is 33.2 Å². The summed E-state index contributed by atoms with van der Waals surface area (Å²) in [6.45, 7) is 2.97. The molecule has 1 aromatic carbocycles. The Balaban J connectivity index is 1.40. The molecule has 3 aromatic heterocycles. The molecule has 0 radical (unpaired) electrons. The summed E-state index contributed by atoms with van der Waals surface area (Å²) in [6, 6.07) is -1.49. The second kappa shape index (κ2) is 9.25. The number of ether oxygens (including phenoxy) is 1. The van der Waals surface area contributed by atoms with Gasteiger partial charge in [0.15, 0.2) is 5.82 Å². The molecule has 0 atom stereocenters. The number of piperazine rings is 1. The van der Waals surface area contributed by atoms with Crippen LogP contribution in [0.2, 0.25) is 0 Å². The van der Waals surface area contributed by atoms with Gasteiger partial charge in [-0.3, -0.25) is 14.4 Å². The first-order chi connectivity index (χ1) is 20.2. The summed E-state index contributed by atoms with van der Waals surface area (Å²) >= 11 is 0. The van der Waals surface area contributed by atoms with Crippen molar-refractivity contribution in [3.05, 3.63) is 65.4 Å². The van der Waals surface area contributed by atoms with Crippen LogP contribution in [0.15, 0.2) is 42.9 Å². The summed E-state index contributed by atoms with van der Waals surface area (Å²) in [5, 5.41) is 4.22. The summed E-state index contributed by atoms with van der Waals surface area (Å²) in [4.78, 5) is 53.7. The van der Waals surface area contributed by atoms with E-state index in [-0.39, 0.29) is 77.4 Å². The van der Waals surface area contributed by atoms with Crippen molar-refractivity contribution in [2.24, 2.45) is 0 Å². The average Bonchev–Trinajstić information content (AvgIpc) is 3.61. The van der Waals surface area contributed by atoms with Gasteiger partial charge in [-0.15, -0.1) is 0 Å². The molecule has 11 heteroatoms. The summed E-state index contributed by atoms with van der Waals surface area (Å²) < 4.78 is 61.4. The molecule has 1 aliphatic heterocycles. The van der Waals surface area contributed by atoms with Gasteiger partial charge in [0.25, 0.3) is 17.6 Å². The minimum Gasteiger partial charge on any atom is -0.494 e. The molecule has 1 N–H and O–H groups in total. The first-order valence-corrected chi connectivity index (χ1v) is 11.0. The van der Waals surface area contributed by atoms with E-state index in [1.54, 1.807) is 6.92 Å². The Bertz CT molecular complexity index is 1760. The Kier molecular flexibility index (Phi) is 4.16. The lowest BCUT2D eigenvalue weighted by molar-refractivity contribution is -0.127. The zero-order chi connectivity index (χ0) is 31.4. The Morgan fingerprint density at radius 2 is 1.78 bits per heavy atom. The van der Waals surface area contributed by atoms with Gasteiger partial charge in [-0.2, -0.15) is 5.10 Å². The Morgan fingerprint density at radius 3 is 2.44 bits per heavy atom. The van der Waals surface area contributed by atoms with Gasteiger partial charge < -0.3 is 19.5 Å². The van der Waals surface area contributed by atoms with Crippen molar-refractivity contribution in [3.8, 4) is 11.6 Å². The van der Waals surface area contributed by atoms with E-state index in [2.05, 4.69) is 20.1 Å². The first-order valence-electron chi connectivity index (χ1n) is 14.5. The molecule has 0 bridgehead atoms. The summed E-state index contributed by atoms with van der Waals surface area (Å²) in [6.07, 6.45) is 3.76.